The number of hydrogen-bond donors (Lipinski definition) is 3. The van der Waals surface area contributed by atoms with Crippen LogP contribution < -0.4 is 10.6 Å². The maximum atomic E-state index is 12.6. The first-order valence-electron chi connectivity index (χ1n) is 9.94. The molecule has 0 saturated heterocycles. The van der Waals surface area contributed by atoms with E-state index in [1.807, 2.05) is 26.0 Å². The van der Waals surface area contributed by atoms with Crippen molar-refractivity contribution in [2.24, 2.45) is 5.92 Å². The number of anilines is 1. The molecule has 144 valence electrons. The van der Waals surface area contributed by atoms with E-state index in [2.05, 4.69) is 20.6 Å². The van der Waals surface area contributed by atoms with Crippen LogP contribution in [0.2, 0.25) is 0 Å². The summed E-state index contributed by atoms with van der Waals surface area (Å²) in [5.41, 5.74) is 0.768. The Hall–Kier alpha value is -2.21. The molecule has 2 heterocycles. The second kappa shape index (κ2) is 7.08. The van der Waals surface area contributed by atoms with Gasteiger partial charge in [-0.3, -0.25) is 9.78 Å². The van der Waals surface area contributed by atoms with E-state index in [1.54, 1.807) is 12.4 Å². The number of aliphatic hydroxyl groups is 1. The lowest BCUT2D eigenvalue weighted by Crippen LogP contribution is -2.41. The van der Waals surface area contributed by atoms with Gasteiger partial charge in [-0.1, -0.05) is 0 Å². The van der Waals surface area contributed by atoms with E-state index in [1.165, 1.54) is 12.8 Å². The Balaban J connectivity index is 1.39. The highest BCUT2D eigenvalue weighted by Crippen LogP contribution is 2.32. The van der Waals surface area contributed by atoms with Gasteiger partial charge in [0.1, 0.15) is 5.82 Å². The number of carbonyl (C=O) groups is 1. The van der Waals surface area contributed by atoms with Crippen molar-refractivity contribution in [2.45, 2.75) is 70.1 Å². The second-order valence-electron chi connectivity index (χ2n) is 8.58. The molecule has 0 aliphatic heterocycles. The highest BCUT2D eigenvalue weighted by atomic mass is 16.3. The van der Waals surface area contributed by atoms with Gasteiger partial charge in [0.25, 0.3) is 5.91 Å². The Bertz CT molecular complexity index is 834. The van der Waals surface area contributed by atoms with Crippen molar-refractivity contribution in [2.75, 3.05) is 5.32 Å². The molecule has 2 fully saturated rings. The molecular weight excluding hydrogens is 340 g/mol. The van der Waals surface area contributed by atoms with Crippen LogP contribution in [0.25, 0.3) is 10.9 Å². The summed E-state index contributed by atoms with van der Waals surface area (Å²) < 4.78 is 0. The molecule has 1 amide bonds. The number of fused-ring (bicyclic) bond motifs is 1. The minimum absolute atomic E-state index is 0.0868. The molecule has 2 aromatic heterocycles. The Kier molecular flexibility index (Phi) is 4.76. The Morgan fingerprint density at radius 2 is 1.74 bits per heavy atom. The molecule has 0 bridgehead atoms. The van der Waals surface area contributed by atoms with Crippen LogP contribution in [-0.4, -0.2) is 38.7 Å². The zero-order valence-electron chi connectivity index (χ0n) is 16.0. The first kappa shape index (κ1) is 18.2. The van der Waals surface area contributed by atoms with Crippen LogP contribution in [0.4, 0.5) is 5.82 Å². The average molecular weight is 368 g/mol. The van der Waals surface area contributed by atoms with Gasteiger partial charge in [-0.2, -0.15) is 0 Å². The molecule has 2 aliphatic carbocycles. The third-order valence-electron chi connectivity index (χ3n) is 5.82. The van der Waals surface area contributed by atoms with Crippen LogP contribution in [0, 0.1) is 5.92 Å². The van der Waals surface area contributed by atoms with E-state index in [4.69, 9.17) is 0 Å². The summed E-state index contributed by atoms with van der Waals surface area (Å²) in [5.74, 6) is 1.06. The van der Waals surface area contributed by atoms with Gasteiger partial charge in [0.15, 0.2) is 0 Å². The van der Waals surface area contributed by atoms with Gasteiger partial charge in [0.2, 0.25) is 0 Å². The monoisotopic (exact) mass is 368 g/mol. The molecule has 6 nitrogen and oxygen atoms in total. The SMILES string of the molecule is CC(C)(O)[C@H]1CC[C@H](NC(=O)c2cnc3cc(NC4CC4)ncc3c2)CC1. The number of rotatable bonds is 5. The third kappa shape index (κ3) is 4.38. The molecule has 0 radical (unpaired) electrons. The number of amides is 1. The average Bonchev–Trinajstić information content (AvgIpc) is 3.45. The van der Waals surface area contributed by atoms with E-state index in [9.17, 15) is 9.90 Å². The summed E-state index contributed by atoms with van der Waals surface area (Å²) in [6.45, 7) is 3.74. The molecule has 6 heteroatoms. The Labute approximate surface area is 159 Å². The highest BCUT2D eigenvalue weighted by molar-refractivity contribution is 5.97. The molecule has 3 N–H and O–H groups in total. The van der Waals surface area contributed by atoms with Crippen LogP contribution in [0.1, 0.15) is 62.7 Å². The lowest BCUT2D eigenvalue weighted by atomic mass is 9.77. The van der Waals surface area contributed by atoms with Crippen molar-refractivity contribution in [1.29, 1.82) is 0 Å². The number of aromatic nitrogens is 2. The lowest BCUT2D eigenvalue weighted by molar-refractivity contribution is -0.00257. The van der Waals surface area contributed by atoms with Crippen LogP contribution in [0.3, 0.4) is 0 Å². The maximum absolute atomic E-state index is 12.6. The van der Waals surface area contributed by atoms with E-state index < -0.39 is 5.60 Å². The highest BCUT2D eigenvalue weighted by Gasteiger charge is 2.31. The topological polar surface area (TPSA) is 87.1 Å². The first-order chi connectivity index (χ1) is 12.9. The zero-order chi connectivity index (χ0) is 19.0. The predicted octanol–water partition coefficient (Wildman–Crippen LogP) is 3.26. The Morgan fingerprint density at radius 1 is 1.04 bits per heavy atom. The Morgan fingerprint density at radius 3 is 2.41 bits per heavy atom. The van der Waals surface area contributed by atoms with Crippen molar-refractivity contribution in [1.82, 2.24) is 15.3 Å². The van der Waals surface area contributed by atoms with E-state index in [-0.39, 0.29) is 11.9 Å². The van der Waals surface area contributed by atoms with Gasteiger partial charge < -0.3 is 15.7 Å². The van der Waals surface area contributed by atoms with Crippen molar-refractivity contribution < 1.29 is 9.90 Å². The standard InChI is InChI=1S/C21H28N4O2/c1-21(2,27)15-3-5-17(6-4-15)25-20(26)14-9-13-11-23-19(24-16-7-8-16)10-18(13)22-12-14/h9-12,15-17,27H,3-8H2,1-2H3,(H,23,24)(H,25,26)/t15-,17-. The molecule has 0 spiro atoms. The molecule has 2 aromatic rings. The van der Waals surface area contributed by atoms with Crippen LogP contribution in [0.5, 0.6) is 0 Å². The zero-order valence-corrected chi connectivity index (χ0v) is 16.0. The van der Waals surface area contributed by atoms with Gasteiger partial charge >= 0.3 is 0 Å². The molecule has 0 atom stereocenters. The van der Waals surface area contributed by atoms with Crippen LogP contribution >= 0.6 is 0 Å². The number of pyridine rings is 2. The van der Waals surface area contributed by atoms with E-state index in [0.29, 0.717) is 17.5 Å². The van der Waals surface area contributed by atoms with Crippen molar-refractivity contribution in [3.05, 3.63) is 30.1 Å². The summed E-state index contributed by atoms with van der Waals surface area (Å²) >= 11 is 0. The fraction of sp³-hybridized carbons (Fsp3) is 0.571. The van der Waals surface area contributed by atoms with Crippen LogP contribution in [0.15, 0.2) is 24.5 Å². The van der Waals surface area contributed by atoms with Gasteiger partial charge in [-0.25, -0.2) is 4.98 Å². The fourth-order valence-corrected chi connectivity index (χ4v) is 3.88. The molecule has 0 unspecified atom stereocenters. The van der Waals surface area contributed by atoms with Crippen LogP contribution in [-0.2, 0) is 0 Å². The summed E-state index contributed by atoms with van der Waals surface area (Å²) in [6, 6.07) is 4.50. The van der Waals surface area contributed by atoms with Crippen molar-refractivity contribution >= 4 is 22.6 Å². The van der Waals surface area contributed by atoms with Gasteiger partial charge in [-0.15, -0.1) is 0 Å². The summed E-state index contributed by atoms with van der Waals surface area (Å²) in [4.78, 5) is 21.5. The molecule has 2 saturated carbocycles. The smallest absolute Gasteiger partial charge is 0.253 e. The lowest BCUT2D eigenvalue weighted by Gasteiger charge is -2.36. The molecule has 2 aliphatic rings. The van der Waals surface area contributed by atoms with Crippen molar-refractivity contribution in [3.8, 4) is 0 Å². The summed E-state index contributed by atoms with van der Waals surface area (Å²) in [7, 11) is 0. The second-order valence-corrected chi connectivity index (χ2v) is 8.58. The molecular formula is C21H28N4O2. The largest absolute Gasteiger partial charge is 0.390 e. The third-order valence-corrected chi connectivity index (χ3v) is 5.82. The predicted molar refractivity (Wildman–Crippen MR) is 106 cm³/mol. The normalized spacial score (nSPS) is 23.2. The minimum atomic E-state index is -0.641. The maximum Gasteiger partial charge on any atom is 0.253 e. The number of nitrogens with one attached hydrogen (secondary N) is 2. The minimum Gasteiger partial charge on any atom is -0.390 e. The van der Waals surface area contributed by atoms with Gasteiger partial charge in [0, 0.05) is 35.9 Å². The van der Waals surface area contributed by atoms with Crippen molar-refractivity contribution in [3.63, 3.8) is 0 Å². The number of hydrogen-bond acceptors (Lipinski definition) is 5. The quantitative estimate of drug-likeness (QED) is 0.754. The summed E-state index contributed by atoms with van der Waals surface area (Å²) in [5, 5.41) is 17.5. The number of nitrogens with zero attached hydrogens (tertiary/aromatic N) is 2. The first-order valence-corrected chi connectivity index (χ1v) is 9.94. The summed E-state index contributed by atoms with van der Waals surface area (Å²) in [6.07, 6.45) is 9.49. The van der Waals surface area contributed by atoms with Gasteiger partial charge in [0.05, 0.1) is 16.7 Å². The number of carbonyl (C=O) groups excluding carboxylic acids is 1. The molecule has 0 aromatic carbocycles. The molecule has 4 rings (SSSR count). The van der Waals surface area contributed by atoms with Gasteiger partial charge in [-0.05, 0) is 64.4 Å². The molecule has 27 heavy (non-hydrogen) atoms. The van der Waals surface area contributed by atoms with E-state index in [0.717, 1.165) is 42.4 Å². The van der Waals surface area contributed by atoms with E-state index >= 15 is 0 Å². The fourth-order valence-electron chi connectivity index (χ4n) is 3.88.